The van der Waals surface area contributed by atoms with Crippen molar-refractivity contribution < 1.29 is 67.0 Å². The predicted octanol–water partition coefficient (Wildman–Crippen LogP) is 1.48. The van der Waals surface area contributed by atoms with E-state index in [0.717, 1.165) is 32.1 Å². The molecule has 26 heteroatoms. The van der Waals surface area contributed by atoms with Gasteiger partial charge in [-0.2, -0.15) is 12.6 Å². The molecular weight excluding hydrogens is 1060 g/mol. The number of carbonyl (C=O) groups is 7. The maximum atomic E-state index is 14.5. The second-order valence-electron chi connectivity index (χ2n) is 21.5. The van der Waals surface area contributed by atoms with Gasteiger partial charge in [-0.3, -0.25) is 38.1 Å². The van der Waals surface area contributed by atoms with Crippen LogP contribution in [0.15, 0.2) is 55.0 Å². The number of nitrogens with zero attached hydrogens (tertiary/aromatic N) is 3. The van der Waals surface area contributed by atoms with Crippen molar-refractivity contribution in [1.82, 2.24) is 41.0 Å². The summed E-state index contributed by atoms with van der Waals surface area (Å²) in [5, 5.41) is 23.5. The first kappa shape index (κ1) is 68.0. The molecule has 79 heavy (non-hydrogen) atoms. The Hall–Kier alpha value is -5.24. The maximum absolute atomic E-state index is 14.5. The molecule has 1 aromatic carbocycles. The number of nitrogens with one attached hydrogen (secondary N) is 5. The Morgan fingerprint density at radius 3 is 2.15 bits per heavy atom. The number of primary amides is 1. The molecule has 0 bridgehead atoms. The summed E-state index contributed by atoms with van der Waals surface area (Å²) >= 11 is 4.06. The van der Waals surface area contributed by atoms with Gasteiger partial charge in [-0.25, -0.2) is 9.55 Å². The van der Waals surface area contributed by atoms with Crippen LogP contribution in [0.25, 0.3) is 0 Å². The highest BCUT2D eigenvalue weighted by Crippen LogP contribution is 2.38. The van der Waals surface area contributed by atoms with Crippen LogP contribution >= 0.6 is 20.5 Å². The molecule has 0 saturated heterocycles. The Labute approximate surface area is 469 Å². The summed E-state index contributed by atoms with van der Waals surface area (Å²) in [4.78, 5) is 119. The SMILES string of the molecule is CC(C)C[C@H](NC(=O)[C@@H]1C=CCCN1C(=O)CCOC(C)(C)CCOC(C)(C)CNC(=O)[C@@H](N)CS)C(=O)N[C@@H](Cc1cncn1CCCCCCc1ccccc1)C(=O)N[C@@H](CO)C(=O)N[C@H](CC(N)=O)[C@@H](C)OP(=O)(O)O. The summed E-state index contributed by atoms with van der Waals surface area (Å²) in [6.07, 6.45) is 9.88. The van der Waals surface area contributed by atoms with Gasteiger partial charge in [0.05, 0.1) is 62.0 Å². The lowest BCUT2D eigenvalue weighted by Crippen LogP contribution is -2.60. The fourth-order valence-corrected chi connectivity index (χ4v) is 9.28. The Kier molecular flexibility index (Phi) is 28.8. The molecule has 0 aliphatic carbocycles. The highest BCUT2D eigenvalue weighted by Gasteiger charge is 2.36. The zero-order valence-electron chi connectivity index (χ0n) is 46.8. The lowest BCUT2D eigenvalue weighted by molar-refractivity contribution is -0.142. The predicted molar refractivity (Wildman–Crippen MR) is 299 cm³/mol. The number of nitrogens with two attached hydrogens (primary N) is 2. The third-order valence-corrected chi connectivity index (χ3v) is 14.1. The number of rotatable bonds is 37. The molecule has 444 valence electrons. The Morgan fingerprint density at radius 1 is 0.861 bits per heavy atom. The lowest BCUT2D eigenvalue weighted by atomic mass is 10.0. The third kappa shape index (κ3) is 25.8. The molecule has 2 aromatic rings. The first-order valence-electron chi connectivity index (χ1n) is 26.9. The summed E-state index contributed by atoms with van der Waals surface area (Å²) < 4.78 is 30.3. The summed E-state index contributed by atoms with van der Waals surface area (Å²) in [7, 11) is -5.10. The van der Waals surface area contributed by atoms with Crippen molar-refractivity contribution >= 4 is 61.8 Å². The molecule has 0 unspecified atom stereocenters. The first-order valence-corrected chi connectivity index (χ1v) is 29.1. The van der Waals surface area contributed by atoms with E-state index < -0.39 is 104 Å². The number of hydrogen-bond donors (Lipinski definition) is 11. The molecule has 2 heterocycles. The van der Waals surface area contributed by atoms with Crippen molar-refractivity contribution in [2.45, 2.75) is 179 Å². The minimum Gasteiger partial charge on any atom is -0.394 e. The Balaban J connectivity index is 1.77. The second-order valence-corrected chi connectivity index (χ2v) is 23.0. The lowest BCUT2D eigenvalue weighted by Gasteiger charge is -2.33. The average molecular weight is 1150 g/mol. The molecule has 12 N–H and O–H groups in total. The van der Waals surface area contributed by atoms with Crippen molar-refractivity contribution in [2.75, 3.05) is 38.7 Å². The summed E-state index contributed by atoms with van der Waals surface area (Å²) in [5.74, 6) is -4.99. The zero-order valence-corrected chi connectivity index (χ0v) is 48.6. The van der Waals surface area contributed by atoms with E-state index in [4.69, 9.17) is 20.9 Å². The van der Waals surface area contributed by atoms with Crippen molar-refractivity contribution in [3.8, 4) is 0 Å². The van der Waals surface area contributed by atoms with E-state index >= 15 is 0 Å². The molecule has 0 fully saturated rings. The van der Waals surface area contributed by atoms with E-state index in [1.54, 1.807) is 24.7 Å². The number of carbonyl (C=O) groups excluding carboxylic acids is 7. The van der Waals surface area contributed by atoms with Gasteiger partial charge in [0.15, 0.2) is 0 Å². The standard InChI is InChI=1S/C53H87N10O14PS/c1-35(2)27-41(60-51(71)44-20-14-16-24-63(44)46(66)21-25-75-52(4,5)22-26-76-53(6,7)33-57-47(67)39(54)32-79)48(68)59-42(28-38-30-56-34-62(38)23-15-9-8-11-17-37-18-12-10-13-19-37)49(69)61-43(31-64)50(70)58-40(29-45(55)65)36(3)77-78(72,73)74/h10,12-14,18-20,30,34-36,39-44,64,79H,8-9,11,15-17,21-29,31-33,54H2,1-7H3,(H2,55,65)(H,57,67)(H,58,70)(H,59,68)(H,60,71)(H,61,69)(H2,72,73,74)/t36-,39+,40-,41+,42+,43+,44+/m1/s1. The van der Waals surface area contributed by atoms with E-state index in [0.29, 0.717) is 31.7 Å². The number of hydrogen-bond acceptors (Lipinski definition) is 15. The Bertz CT molecular complexity index is 2350. The third-order valence-electron chi connectivity index (χ3n) is 13.1. The van der Waals surface area contributed by atoms with Crippen LogP contribution in [-0.4, -0.2) is 163 Å². The number of unbranched alkanes of at least 4 members (excludes halogenated alkanes) is 3. The molecule has 7 atom stereocenters. The molecule has 24 nitrogen and oxygen atoms in total. The number of thiol groups is 1. The van der Waals surface area contributed by atoms with E-state index in [2.05, 4.69) is 60.9 Å². The van der Waals surface area contributed by atoms with Gasteiger partial charge in [0.2, 0.25) is 41.4 Å². The monoisotopic (exact) mass is 1150 g/mol. The Morgan fingerprint density at radius 2 is 1.51 bits per heavy atom. The van der Waals surface area contributed by atoms with Gasteiger partial charge in [0.25, 0.3) is 0 Å². The number of phosphoric ester groups is 1. The van der Waals surface area contributed by atoms with Gasteiger partial charge in [0, 0.05) is 50.1 Å². The highest BCUT2D eigenvalue weighted by molar-refractivity contribution is 7.80. The van der Waals surface area contributed by atoms with E-state index in [1.807, 2.05) is 64.3 Å². The van der Waals surface area contributed by atoms with Crippen molar-refractivity contribution in [3.63, 3.8) is 0 Å². The van der Waals surface area contributed by atoms with Crippen molar-refractivity contribution in [3.05, 3.63) is 66.3 Å². The molecule has 1 aliphatic heterocycles. The van der Waals surface area contributed by atoms with Crippen molar-refractivity contribution in [1.29, 1.82) is 0 Å². The molecule has 1 aliphatic rings. The number of ether oxygens (including phenoxy) is 2. The maximum Gasteiger partial charge on any atom is 0.469 e. The summed E-state index contributed by atoms with van der Waals surface area (Å²) in [5.41, 5.74) is 11.5. The number of amides is 7. The number of phosphoric acid groups is 1. The van der Waals surface area contributed by atoms with Gasteiger partial charge in [-0.1, -0.05) is 69.2 Å². The first-order chi connectivity index (χ1) is 37.1. The molecule has 1 aromatic heterocycles. The molecule has 0 spiro atoms. The topological polar surface area (TPSA) is 358 Å². The van der Waals surface area contributed by atoms with Crippen LogP contribution in [0.5, 0.6) is 0 Å². The minimum absolute atomic E-state index is 0.0356. The second kappa shape index (κ2) is 33.5. The van der Waals surface area contributed by atoms with Gasteiger partial charge in [0.1, 0.15) is 24.2 Å². The van der Waals surface area contributed by atoms with Gasteiger partial charge >= 0.3 is 7.82 Å². The quantitative estimate of drug-likeness (QED) is 0.0198. The fraction of sp³-hybridized carbons (Fsp3) is 0.660. The van der Waals surface area contributed by atoms with Crippen LogP contribution in [0, 0.1) is 5.92 Å². The van der Waals surface area contributed by atoms with Crippen molar-refractivity contribution in [2.24, 2.45) is 17.4 Å². The normalized spacial score (nSPS) is 16.3. The summed E-state index contributed by atoms with van der Waals surface area (Å²) in [6.45, 7) is 12.6. The molecule has 7 amide bonds. The van der Waals surface area contributed by atoms with Crippen LogP contribution in [-0.2, 0) is 71.5 Å². The van der Waals surface area contributed by atoms with E-state index in [1.165, 1.54) is 17.4 Å². The smallest absolute Gasteiger partial charge is 0.394 e. The van der Waals surface area contributed by atoms with Crippen LogP contribution < -0.4 is 38.1 Å². The van der Waals surface area contributed by atoms with E-state index in [9.17, 15) is 53.0 Å². The number of aromatic nitrogens is 2. The van der Waals surface area contributed by atoms with Crippen LogP contribution in [0.1, 0.15) is 118 Å². The van der Waals surface area contributed by atoms with Crippen LogP contribution in [0.2, 0.25) is 0 Å². The molecular formula is C53H87N10O14PS. The largest absolute Gasteiger partial charge is 0.469 e. The van der Waals surface area contributed by atoms with E-state index in [-0.39, 0.29) is 62.4 Å². The fourth-order valence-electron chi connectivity index (χ4n) is 8.53. The average Bonchev–Trinajstić information content (AvgIpc) is 3.84. The molecule has 0 saturated carbocycles. The molecule has 3 rings (SSSR count). The van der Waals surface area contributed by atoms with Crippen LogP contribution in [0.3, 0.4) is 0 Å². The number of aliphatic hydroxyl groups is 1. The van der Waals surface area contributed by atoms with Gasteiger partial charge in [-0.05, 0) is 84.6 Å². The van der Waals surface area contributed by atoms with Gasteiger partial charge in [-0.15, -0.1) is 0 Å². The minimum atomic E-state index is -5.10. The number of aliphatic hydroxyl groups excluding tert-OH is 1. The number of imidazole rings is 1. The highest BCUT2D eigenvalue weighted by atomic mass is 32.1. The number of aryl methyl sites for hydroxylation is 2. The molecule has 0 radical (unpaired) electrons. The summed E-state index contributed by atoms with van der Waals surface area (Å²) in [6, 6.07) is 2.59. The van der Waals surface area contributed by atoms with Gasteiger partial charge < -0.3 is 71.9 Å². The number of benzene rings is 1. The van der Waals surface area contributed by atoms with Crippen LogP contribution in [0.4, 0.5) is 0 Å². The zero-order chi connectivity index (χ0) is 58.9.